The summed E-state index contributed by atoms with van der Waals surface area (Å²) >= 11 is 10.3. The summed E-state index contributed by atoms with van der Waals surface area (Å²) in [5.41, 5.74) is 0.515. The van der Waals surface area contributed by atoms with E-state index in [4.69, 9.17) is 11.6 Å². The molecule has 1 fully saturated rings. The second kappa shape index (κ2) is 7.37. The van der Waals surface area contributed by atoms with Crippen LogP contribution in [0.25, 0.3) is 0 Å². The number of carbonyl (C=O) groups excluding carboxylic acids is 1. The van der Waals surface area contributed by atoms with E-state index in [2.05, 4.69) is 24.9 Å². The topological polar surface area (TPSA) is 29.1 Å². The molecule has 0 spiro atoms. The highest BCUT2D eigenvalue weighted by Gasteiger charge is 2.20. The summed E-state index contributed by atoms with van der Waals surface area (Å²) in [6.07, 6.45) is 6.31. The Bertz CT molecular complexity index is 470. The fourth-order valence-corrected chi connectivity index (χ4v) is 3.27. The number of amides is 1. The van der Waals surface area contributed by atoms with Crippen LogP contribution in [0.2, 0.25) is 5.02 Å². The lowest BCUT2D eigenvalue weighted by Gasteiger charge is -2.27. The first-order valence-corrected chi connectivity index (χ1v) is 8.19. The molecule has 110 valence electrons. The summed E-state index contributed by atoms with van der Waals surface area (Å²) in [5.74, 6) is 1.40. The normalized spacial score (nSPS) is 22.6. The second-order valence-corrected chi connectivity index (χ2v) is 6.59. The Morgan fingerprint density at radius 3 is 2.60 bits per heavy atom. The largest absolute Gasteiger partial charge is 0.352 e. The van der Waals surface area contributed by atoms with Gasteiger partial charge in [-0.05, 0) is 42.9 Å². The van der Waals surface area contributed by atoms with Crippen LogP contribution in [-0.4, -0.2) is 12.5 Å². The smallest absolute Gasteiger partial charge is 0.252 e. The maximum Gasteiger partial charge on any atom is 0.252 e. The van der Waals surface area contributed by atoms with Crippen molar-refractivity contribution in [2.24, 2.45) is 11.8 Å². The molecule has 1 aromatic carbocycles. The highest BCUT2D eigenvalue weighted by Crippen LogP contribution is 2.30. The van der Waals surface area contributed by atoms with Crippen LogP contribution in [0.15, 0.2) is 23.1 Å². The number of hydrogen-bond acceptors (Lipinski definition) is 2. The Morgan fingerprint density at radius 1 is 1.30 bits per heavy atom. The Kier molecular flexibility index (Phi) is 5.79. The fraction of sp³-hybridized carbons (Fsp3) is 0.562. The van der Waals surface area contributed by atoms with E-state index in [1.54, 1.807) is 18.2 Å². The molecule has 1 aliphatic carbocycles. The zero-order valence-corrected chi connectivity index (χ0v) is 13.5. The molecular formula is C16H22ClNOS. The molecule has 1 N–H and O–H groups in total. The summed E-state index contributed by atoms with van der Waals surface area (Å²) in [6.45, 7) is 3.02. The van der Waals surface area contributed by atoms with Crippen LogP contribution in [0.1, 0.15) is 49.4 Å². The van der Waals surface area contributed by atoms with Crippen molar-refractivity contribution in [3.63, 3.8) is 0 Å². The van der Waals surface area contributed by atoms with Crippen LogP contribution in [0.5, 0.6) is 0 Å². The number of halogens is 1. The molecule has 1 amide bonds. The van der Waals surface area contributed by atoms with Crippen molar-refractivity contribution in [2.75, 3.05) is 6.54 Å². The van der Waals surface area contributed by atoms with Gasteiger partial charge in [-0.15, -0.1) is 12.6 Å². The van der Waals surface area contributed by atoms with Gasteiger partial charge >= 0.3 is 0 Å². The first-order valence-electron chi connectivity index (χ1n) is 7.36. The molecule has 4 heteroatoms. The van der Waals surface area contributed by atoms with Crippen LogP contribution in [0, 0.1) is 11.8 Å². The number of rotatable bonds is 4. The highest BCUT2D eigenvalue weighted by molar-refractivity contribution is 7.80. The van der Waals surface area contributed by atoms with E-state index >= 15 is 0 Å². The number of thiol groups is 1. The molecule has 0 heterocycles. The van der Waals surface area contributed by atoms with E-state index < -0.39 is 0 Å². The van der Waals surface area contributed by atoms with Gasteiger partial charge in [0, 0.05) is 11.4 Å². The lowest BCUT2D eigenvalue weighted by molar-refractivity contribution is 0.0941. The molecule has 0 unspecified atom stereocenters. The molecule has 20 heavy (non-hydrogen) atoms. The lowest BCUT2D eigenvalue weighted by Crippen LogP contribution is -2.31. The van der Waals surface area contributed by atoms with Gasteiger partial charge in [-0.1, -0.05) is 37.8 Å². The summed E-state index contributed by atoms with van der Waals surface area (Å²) in [5, 5.41) is 3.49. The second-order valence-electron chi connectivity index (χ2n) is 5.67. The van der Waals surface area contributed by atoms with Crippen LogP contribution >= 0.6 is 24.2 Å². The van der Waals surface area contributed by atoms with Gasteiger partial charge in [-0.25, -0.2) is 0 Å². The molecule has 0 aromatic heterocycles. The van der Waals surface area contributed by atoms with E-state index in [1.165, 1.54) is 32.1 Å². The molecule has 0 bridgehead atoms. The van der Waals surface area contributed by atoms with E-state index in [-0.39, 0.29) is 5.91 Å². The van der Waals surface area contributed by atoms with Crippen molar-refractivity contribution in [3.05, 3.63) is 28.8 Å². The Hall–Kier alpha value is -0.670. The molecular weight excluding hydrogens is 290 g/mol. The highest BCUT2D eigenvalue weighted by atomic mass is 35.5. The molecule has 0 aliphatic heterocycles. The van der Waals surface area contributed by atoms with Crippen molar-refractivity contribution < 1.29 is 4.79 Å². The van der Waals surface area contributed by atoms with E-state index in [9.17, 15) is 4.79 Å². The summed E-state index contributed by atoms with van der Waals surface area (Å²) in [6, 6.07) is 5.22. The van der Waals surface area contributed by atoms with Gasteiger partial charge < -0.3 is 5.32 Å². The van der Waals surface area contributed by atoms with Crippen molar-refractivity contribution >= 4 is 30.1 Å². The first kappa shape index (κ1) is 15.7. The summed E-state index contributed by atoms with van der Waals surface area (Å²) in [7, 11) is 0. The van der Waals surface area contributed by atoms with Gasteiger partial charge in [0.25, 0.3) is 5.91 Å². The minimum Gasteiger partial charge on any atom is -0.352 e. The first-order chi connectivity index (χ1) is 9.60. The van der Waals surface area contributed by atoms with Gasteiger partial charge in [0.1, 0.15) is 0 Å². The molecule has 1 aromatic rings. The standard InChI is InChI=1S/C16H22ClNOS/c1-2-11-3-5-12(6-4-11)10-18-16(19)14-9-13(20)7-8-15(14)17/h7-9,11-12,20H,2-6,10H2,1H3,(H,18,19). The van der Waals surface area contributed by atoms with Crippen LogP contribution in [0.4, 0.5) is 0 Å². The van der Waals surface area contributed by atoms with E-state index in [1.807, 2.05) is 0 Å². The van der Waals surface area contributed by atoms with Crippen molar-refractivity contribution in [2.45, 2.75) is 43.9 Å². The molecule has 2 nitrogen and oxygen atoms in total. The molecule has 0 saturated heterocycles. The van der Waals surface area contributed by atoms with Gasteiger partial charge in [0.2, 0.25) is 0 Å². The number of nitrogens with one attached hydrogen (secondary N) is 1. The zero-order chi connectivity index (χ0) is 14.5. The van der Waals surface area contributed by atoms with Gasteiger partial charge in [0.15, 0.2) is 0 Å². The van der Waals surface area contributed by atoms with Crippen molar-refractivity contribution in [1.29, 1.82) is 0 Å². The number of benzene rings is 1. The van der Waals surface area contributed by atoms with E-state index in [0.29, 0.717) is 16.5 Å². The molecule has 0 atom stereocenters. The predicted octanol–water partition coefficient (Wildman–Crippen LogP) is 4.57. The van der Waals surface area contributed by atoms with Crippen LogP contribution in [0.3, 0.4) is 0 Å². The third kappa shape index (κ3) is 4.16. The minimum atomic E-state index is -0.0940. The molecule has 0 radical (unpaired) electrons. The quantitative estimate of drug-likeness (QED) is 0.783. The average molecular weight is 312 g/mol. The number of carbonyl (C=O) groups is 1. The Morgan fingerprint density at radius 2 is 1.95 bits per heavy atom. The Balaban J connectivity index is 1.85. The van der Waals surface area contributed by atoms with Crippen LogP contribution in [-0.2, 0) is 0 Å². The summed E-state index contributed by atoms with van der Waals surface area (Å²) < 4.78 is 0. The monoisotopic (exact) mass is 311 g/mol. The third-order valence-electron chi connectivity index (χ3n) is 4.29. The van der Waals surface area contributed by atoms with Crippen molar-refractivity contribution in [3.8, 4) is 0 Å². The number of hydrogen-bond donors (Lipinski definition) is 2. The third-order valence-corrected chi connectivity index (χ3v) is 4.90. The van der Waals surface area contributed by atoms with E-state index in [0.717, 1.165) is 17.4 Å². The predicted molar refractivity (Wildman–Crippen MR) is 86.8 cm³/mol. The molecule has 1 aliphatic rings. The summed E-state index contributed by atoms with van der Waals surface area (Å²) in [4.78, 5) is 12.9. The lowest BCUT2D eigenvalue weighted by atomic mass is 9.81. The van der Waals surface area contributed by atoms with Gasteiger partial charge in [0.05, 0.1) is 10.6 Å². The Labute approximate surface area is 131 Å². The fourth-order valence-electron chi connectivity index (χ4n) is 2.86. The zero-order valence-electron chi connectivity index (χ0n) is 11.9. The molecule has 2 rings (SSSR count). The van der Waals surface area contributed by atoms with Gasteiger partial charge in [-0.2, -0.15) is 0 Å². The van der Waals surface area contributed by atoms with Gasteiger partial charge in [-0.3, -0.25) is 4.79 Å². The molecule has 1 saturated carbocycles. The average Bonchev–Trinajstić information content (AvgIpc) is 2.47. The van der Waals surface area contributed by atoms with Crippen LogP contribution < -0.4 is 5.32 Å². The maximum absolute atomic E-state index is 12.2. The maximum atomic E-state index is 12.2. The SMILES string of the molecule is CCC1CCC(CNC(=O)c2cc(S)ccc2Cl)CC1. The minimum absolute atomic E-state index is 0.0940. The van der Waals surface area contributed by atoms with Crippen molar-refractivity contribution in [1.82, 2.24) is 5.32 Å².